The minimum absolute atomic E-state index is 0. The Labute approximate surface area is 165 Å². The molecule has 27 heavy (non-hydrogen) atoms. The molecule has 0 saturated carbocycles. The number of aryl methyl sites for hydroxylation is 1. The SMILES string of the molecule is CCN(Cc1ccccc1)C1CCCc2[nH]n(-c3ccccn3)c(=O)c21.Cl. The third kappa shape index (κ3) is 3.84. The first-order valence-electron chi connectivity index (χ1n) is 9.31. The van der Waals surface area contributed by atoms with Crippen molar-refractivity contribution in [1.82, 2.24) is 19.7 Å². The molecule has 1 atom stereocenters. The molecule has 0 saturated heterocycles. The first-order valence-corrected chi connectivity index (χ1v) is 9.31. The zero-order valence-corrected chi connectivity index (χ0v) is 16.3. The molecule has 0 aliphatic heterocycles. The molecule has 1 unspecified atom stereocenters. The van der Waals surface area contributed by atoms with Crippen molar-refractivity contribution >= 4 is 12.4 Å². The number of hydrogen-bond donors (Lipinski definition) is 1. The van der Waals surface area contributed by atoms with E-state index in [4.69, 9.17) is 0 Å². The minimum atomic E-state index is 0. The Hall–Kier alpha value is -2.37. The molecule has 5 nitrogen and oxygen atoms in total. The second-order valence-electron chi connectivity index (χ2n) is 6.79. The van der Waals surface area contributed by atoms with E-state index in [1.807, 2.05) is 24.3 Å². The van der Waals surface area contributed by atoms with E-state index in [-0.39, 0.29) is 24.0 Å². The summed E-state index contributed by atoms with van der Waals surface area (Å²) in [5, 5.41) is 3.31. The van der Waals surface area contributed by atoms with Gasteiger partial charge in [0, 0.05) is 24.5 Å². The van der Waals surface area contributed by atoms with Crippen LogP contribution < -0.4 is 5.56 Å². The third-order valence-electron chi connectivity index (χ3n) is 5.20. The molecular weight excluding hydrogens is 360 g/mol. The molecule has 1 aromatic carbocycles. The summed E-state index contributed by atoms with van der Waals surface area (Å²) in [6.07, 6.45) is 4.74. The summed E-state index contributed by atoms with van der Waals surface area (Å²) in [4.78, 5) is 19.9. The number of H-pyrrole nitrogens is 1. The van der Waals surface area contributed by atoms with Crippen LogP contribution in [0.2, 0.25) is 0 Å². The van der Waals surface area contributed by atoms with Gasteiger partial charge in [0.15, 0.2) is 5.82 Å². The number of rotatable bonds is 5. The van der Waals surface area contributed by atoms with Gasteiger partial charge in [-0.15, -0.1) is 12.4 Å². The van der Waals surface area contributed by atoms with Crippen LogP contribution in [0.5, 0.6) is 0 Å². The molecule has 3 aromatic rings. The number of nitrogens with one attached hydrogen (secondary N) is 1. The van der Waals surface area contributed by atoms with Crippen LogP contribution in [0.4, 0.5) is 0 Å². The van der Waals surface area contributed by atoms with E-state index in [2.05, 4.69) is 46.2 Å². The summed E-state index contributed by atoms with van der Waals surface area (Å²) in [5.41, 5.74) is 3.29. The predicted octanol–water partition coefficient (Wildman–Crippen LogP) is 3.88. The molecule has 0 spiro atoms. The van der Waals surface area contributed by atoms with Gasteiger partial charge in [-0.2, -0.15) is 0 Å². The van der Waals surface area contributed by atoms with Crippen LogP contribution in [-0.2, 0) is 13.0 Å². The molecule has 0 fully saturated rings. The number of aromatic nitrogens is 3. The fourth-order valence-corrected chi connectivity index (χ4v) is 3.92. The average Bonchev–Trinajstić information content (AvgIpc) is 3.04. The van der Waals surface area contributed by atoms with E-state index in [0.29, 0.717) is 5.82 Å². The highest BCUT2D eigenvalue weighted by Crippen LogP contribution is 2.32. The Kier molecular flexibility index (Phi) is 6.14. The van der Waals surface area contributed by atoms with Gasteiger partial charge >= 0.3 is 0 Å². The van der Waals surface area contributed by atoms with Crippen LogP contribution in [0.15, 0.2) is 59.5 Å². The highest BCUT2D eigenvalue weighted by atomic mass is 35.5. The van der Waals surface area contributed by atoms with Crippen molar-refractivity contribution in [1.29, 1.82) is 0 Å². The van der Waals surface area contributed by atoms with Crippen molar-refractivity contribution in [2.45, 2.75) is 38.8 Å². The molecular formula is C21H25ClN4O. The Morgan fingerprint density at radius 3 is 2.67 bits per heavy atom. The highest BCUT2D eigenvalue weighted by molar-refractivity contribution is 5.85. The Balaban J connectivity index is 0.00000210. The smallest absolute Gasteiger partial charge is 0.277 e. The molecule has 1 aliphatic carbocycles. The van der Waals surface area contributed by atoms with Crippen LogP contribution in [-0.4, -0.2) is 26.2 Å². The lowest BCUT2D eigenvalue weighted by Crippen LogP contribution is -2.34. The second-order valence-corrected chi connectivity index (χ2v) is 6.79. The van der Waals surface area contributed by atoms with E-state index in [0.717, 1.165) is 43.6 Å². The summed E-state index contributed by atoms with van der Waals surface area (Å²) < 4.78 is 1.60. The van der Waals surface area contributed by atoms with E-state index in [9.17, 15) is 4.79 Å². The van der Waals surface area contributed by atoms with Gasteiger partial charge in [-0.05, 0) is 43.5 Å². The number of benzene rings is 1. The zero-order valence-electron chi connectivity index (χ0n) is 15.5. The van der Waals surface area contributed by atoms with Crippen LogP contribution in [0.3, 0.4) is 0 Å². The fraction of sp³-hybridized carbons (Fsp3) is 0.333. The molecule has 1 N–H and O–H groups in total. The summed E-state index contributed by atoms with van der Waals surface area (Å²) in [5.74, 6) is 0.650. The minimum Gasteiger partial charge on any atom is -0.293 e. The fourth-order valence-electron chi connectivity index (χ4n) is 3.92. The number of pyridine rings is 1. The molecule has 1 aliphatic rings. The Morgan fingerprint density at radius 2 is 1.96 bits per heavy atom. The summed E-state index contributed by atoms with van der Waals surface area (Å²) in [7, 11) is 0. The number of fused-ring (bicyclic) bond motifs is 1. The number of halogens is 1. The average molecular weight is 385 g/mol. The first-order chi connectivity index (χ1) is 12.8. The van der Waals surface area contributed by atoms with E-state index in [1.54, 1.807) is 10.9 Å². The number of nitrogens with zero attached hydrogens (tertiary/aromatic N) is 3. The lowest BCUT2D eigenvalue weighted by atomic mass is 9.91. The molecule has 142 valence electrons. The van der Waals surface area contributed by atoms with Crippen LogP contribution in [0.1, 0.15) is 42.6 Å². The lowest BCUT2D eigenvalue weighted by molar-refractivity contribution is 0.178. The first kappa shape index (κ1) is 19.4. The van der Waals surface area contributed by atoms with Crippen LogP contribution in [0, 0.1) is 0 Å². The maximum Gasteiger partial charge on any atom is 0.277 e. The molecule has 2 heterocycles. The monoisotopic (exact) mass is 384 g/mol. The van der Waals surface area contributed by atoms with Gasteiger partial charge < -0.3 is 0 Å². The molecule has 2 aromatic heterocycles. The normalized spacial score (nSPS) is 16.0. The Morgan fingerprint density at radius 1 is 1.19 bits per heavy atom. The standard InChI is InChI=1S/C21H24N4O.ClH/c1-2-24(15-16-9-4-3-5-10-16)18-12-8-11-17-20(18)21(26)25(23-17)19-13-6-7-14-22-19;/h3-7,9-10,13-14,18,23H,2,8,11-12,15H2,1H3;1H. The van der Waals surface area contributed by atoms with Gasteiger partial charge in [-0.25, -0.2) is 9.67 Å². The molecule has 0 amide bonds. The van der Waals surface area contributed by atoms with Crippen molar-refractivity contribution in [3.8, 4) is 5.82 Å². The van der Waals surface area contributed by atoms with Crippen molar-refractivity contribution < 1.29 is 0 Å². The molecule has 4 rings (SSSR count). The molecule has 6 heteroatoms. The topological polar surface area (TPSA) is 53.9 Å². The summed E-state index contributed by atoms with van der Waals surface area (Å²) >= 11 is 0. The zero-order chi connectivity index (χ0) is 17.9. The third-order valence-corrected chi connectivity index (χ3v) is 5.20. The van der Waals surface area contributed by atoms with Gasteiger partial charge in [0.1, 0.15) is 0 Å². The van der Waals surface area contributed by atoms with Crippen LogP contribution in [0.25, 0.3) is 5.82 Å². The lowest BCUT2D eigenvalue weighted by Gasteiger charge is -2.33. The van der Waals surface area contributed by atoms with E-state index in [1.165, 1.54) is 5.56 Å². The van der Waals surface area contributed by atoms with Gasteiger partial charge in [-0.3, -0.25) is 14.8 Å². The summed E-state index contributed by atoms with van der Waals surface area (Å²) in [6, 6.07) is 16.2. The van der Waals surface area contributed by atoms with Crippen LogP contribution >= 0.6 is 12.4 Å². The predicted molar refractivity (Wildman–Crippen MR) is 110 cm³/mol. The Bertz CT molecular complexity index is 920. The van der Waals surface area contributed by atoms with Gasteiger partial charge in [0.05, 0.1) is 5.56 Å². The molecule has 0 bridgehead atoms. The molecule has 0 radical (unpaired) electrons. The van der Waals surface area contributed by atoms with Crippen molar-refractivity contribution in [2.24, 2.45) is 0 Å². The largest absolute Gasteiger partial charge is 0.293 e. The van der Waals surface area contributed by atoms with Gasteiger partial charge in [0.25, 0.3) is 5.56 Å². The number of hydrogen-bond acceptors (Lipinski definition) is 3. The number of aromatic amines is 1. The second kappa shape index (κ2) is 8.55. The van der Waals surface area contributed by atoms with Gasteiger partial charge in [0.2, 0.25) is 0 Å². The maximum absolute atomic E-state index is 13.2. The van der Waals surface area contributed by atoms with Crippen molar-refractivity contribution in [3.63, 3.8) is 0 Å². The maximum atomic E-state index is 13.2. The quantitative estimate of drug-likeness (QED) is 0.726. The van der Waals surface area contributed by atoms with Crippen molar-refractivity contribution in [3.05, 3.63) is 81.9 Å². The highest BCUT2D eigenvalue weighted by Gasteiger charge is 2.31. The van der Waals surface area contributed by atoms with Gasteiger partial charge in [-0.1, -0.05) is 43.3 Å². The summed E-state index contributed by atoms with van der Waals surface area (Å²) in [6.45, 7) is 3.93. The van der Waals surface area contributed by atoms with E-state index < -0.39 is 0 Å². The van der Waals surface area contributed by atoms with Crippen molar-refractivity contribution in [2.75, 3.05) is 6.54 Å². The van der Waals surface area contributed by atoms with E-state index >= 15 is 0 Å².